The fraction of sp³-hybridized carbons (Fsp3) is 0. The number of nitrogens with zero attached hydrogens (tertiary/aromatic N) is 3. The Labute approximate surface area is 297 Å². The molecule has 0 radical (unpaired) electrons. The van der Waals surface area contributed by atoms with E-state index in [1.807, 2.05) is 17.4 Å². The third-order valence-corrected chi connectivity index (χ3v) is 11.4. The quantitative estimate of drug-likeness (QED) is 0.176. The lowest BCUT2D eigenvalue weighted by Gasteiger charge is -2.13. The Hall–Kier alpha value is -6.49. The first-order chi connectivity index (χ1) is 25.2. The summed E-state index contributed by atoms with van der Waals surface area (Å²) in [5.41, 5.74) is 7.02. The van der Waals surface area contributed by atoms with Gasteiger partial charge in [0.1, 0.15) is 5.69 Å². The maximum absolute atomic E-state index is 5.35. The molecule has 0 saturated carbocycles. The standard InChI is InChI=1S/C47H27N3S/c1-2-10-29-25-30(18-17-28(29)9-1)31-19-20-33-27-34(22-21-32(33)26-31)44-38-13-4-7-15-41(38)49-47(50-44)45-39-24-23-36-35-11-5-8-16-42(35)51-46(36)43(39)37-12-3-6-14-40(37)48-45/h1-27H. The molecule has 0 bridgehead atoms. The van der Waals surface area contributed by atoms with Crippen LogP contribution in [0.2, 0.25) is 0 Å². The Balaban J connectivity index is 1.10. The van der Waals surface area contributed by atoms with Crippen molar-refractivity contribution < 1.29 is 0 Å². The maximum Gasteiger partial charge on any atom is 0.179 e. The molecule has 11 aromatic rings. The van der Waals surface area contributed by atoms with E-state index in [9.17, 15) is 0 Å². The Morgan fingerprint density at radius 3 is 1.73 bits per heavy atom. The van der Waals surface area contributed by atoms with Gasteiger partial charge in [-0.2, -0.15) is 0 Å². The van der Waals surface area contributed by atoms with E-state index in [2.05, 4.69) is 158 Å². The molecule has 3 heterocycles. The Bertz CT molecular complexity index is 3210. The fourth-order valence-corrected chi connectivity index (χ4v) is 9.00. The van der Waals surface area contributed by atoms with Crippen molar-refractivity contribution in [3.05, 3.63) is 164 Å². The largest absolute Gasteiger partial charge is 0.244 e. The average Bonchev–Trinajstić information content (AvgIpc) is 3.58. The van der Waals surface area contributed by atoms with Crippen LogP contribution in [0.4, 0.5) is 0 Å². The van der Waals surface area contributed by atoms with Crippen LogP contribution in [0.15, 0.2) is 164 Å². The molecule has 3 aromatic heterocycles. The van der Waals surface area contributed by atoms with E-state index in [1.54, 1.807) is 0 Å². The van der Waals surface area contributed by atoms with E-state index in [4.69, 9.17) is 15.0 Å². The molecule has 236 valence electrons. The summed E-state index contributed by atoms with van der Waals surface area (Å²) in [5, 5.41) is 11.9. The van der Waals surface area contributed by atoms with Crippen LogP contribution in [0, 0.1) is 0 Å². The molecule has 0 saturated heterocycles. The summed E-state index contributed by atoms with van der Waals surface area (Å²) in [5.74, 6) is 0.631. The van der Waals surface area contributed by atoms with Gasteiger partial charge in [0.15, 0.2) is 5.82 Å². The zero-order valence-corrected chi connectivity index (χ0v) is 28.2. The topological polar surface area (TPSA) is 38.7 Å². The van der Waals surface area contributed by atoms with Crippen LogP contribution in [0.25, 0.3) is 108 Å². The number of benzene rings is 8. The second-order valence-electron chi connectivity index (χ2n) is 13.2. The molecule has 3 nitrogen and oxygen atoms in total. The number of fused-ring (bicyclic) bond motifs is 10. The number of rotatable bonds is 3. The minimum absolute atomic E-state index is 0.631. The normalized spacial score (nSPS) is 11.9. The van der Waals surface area contributed by atoms with Crippen molar-refractivity contribution in [3.63, 3.8) is 0 Å². The minimum atomic E-state index is 0.631. The smallest absolute Gasteiger partial charge is 0.179 e. The van der Waals surface area contributed by atoms with Crippen LogP contribution < -0.4 is 0 Å². The molecule has 51 heavy (non-hydrogen) atoms. The Kier molecular flexibility index (Phi) is 6.12. The fourth-order valence-electron chi connectivity index (χ4n) is 7.73. The summed E-state index contributed by atoms with van der Waals surface area (Å²) in [4.78, 5) is 15.8. The molecule has 0 N–H and O–H groups in total. The second-order valence-corrected chi connectivity index (χ2v) is 14.2. The van der Waals surface area contributed by atoms with E-state index >= 15 is 0 Å². The van der Waals surface area contributed by atoms with E-state index in [0.717, 1.165) is 44.1 Å². The zero-order valence-electron chi connectivity index (χ0n) is 27.3. The highest BCUT2D eigenvalue weighted by Crippen LogP contribution is 2.43. The van der Waals surface area contributed by atoms with Crippen LogP contribution in [0.1, 0.15) is 0 Å². The molecule has 11 rings (SSSR count). The van der Waals surface area contributed by atoms with Gasteiger partial charge in [-0.05, 0) is 69.1 Å². The van der Waals surface area contributed by atoms with Gasteiger partial charge in [0.2, 0.25) is 0 Å². The Morgan fingerprint density at radius 1 is 0.353 bits per heavy atom. The van der Waals surface area contributed by atoms with Crippen molar-refractivity contribution in [1.29, 1.82) is 0 Å². The number of para-hydroxylation sites is 2. The van der Waals surface area contributed by atoms with Gasteiger partial charge in [-0.1, -0.05) is 127 Å². The first-order valence-corrected chi connectivity index (χ1v) is 18.0. The predicted molar refractivity (Wildman–Crippen MR) is 217 cm³/mol. The van der Waals surface area contributed by atoms with Gasteiger partial charge in [-0.15, -0.1) is 11.3 Å². The molecule has 8 aromatic carbocycles. The number of hydrogen-bond donors (Lipinski definition) is 0. The lowest BCUT2D eigenvalue weighted by atomic mass is 9.97. The lowest BCUT2D eigenvalue weighted by Crippen LogP contribution is -1.98. The van der Waals surface area contributed by atoms with Gasteiger partial charge >= 0.3 is 0 Å². The van der Waals surface area contributed by atoms with Crippen molar-refractivity contribution in [1.82, 2.24) is 15.0 Å². The molecular weight excluding hydrogens is 639 g/mol. The summed E-state index contributed by atoms with van der Waals surface area (Å²) >= 11 is 1.84. The summed E-state index contributed by atoms with van der Waals surface area (Å²) < 4.78 is 2.56. The third-order valence-electron chi connectivity index (χ3n) is 10.2. The highest BCUT2D eigenvalue weighted by Gasteiger charge is 2.19. The van der Waals surface area contributed by atoms with E-state index in [0.29, 0.717) is 5.82 Å². The predicted octanol–water partition coefficient (Wildman–Crippen LogP) is 13.0. The molecule has 0 aliphatic heterocycles. The van der Waals surface area contributed by atoms with E-state index < -0.39 is 0 Å². The molecule has 0 atom stereocenters. The van der Waals surface area contributed by atoms with Crippen molar-refractivity contribution >= 4 is 85.6 Å². The second kappa shape index (κ2) is 11.0. The molecule has 0 fully saturated rings. The summed E-state index contributed by atoms with van der Waals surface area (Å²) in [6.07, 6.45) is 0. The first-order valence-electron chi connectivity index (χ1n) is 17.2. The van der Waals surface area contributed by atoms with E-state index in [-0.39, 0.29) is 0 Å². The average molecular weight is 666 g/mol. The van der Waals surface area contributed by atoms with Crippen LogP contribution in [-0.4, -0.2) is 15.0 Å². The van der Waals surface area contributed by atoms with Gasteiger partial charge in [0.25, 0.3) is 0 Å². The number of pyridine rings is 1. The minimum Gasteiger partial charge on any atom is -0.244 e. The summed E-state index contributed by atoms with van der Waals surface area (Å²) in [6, 6.07) is 58.5. The van der Waals surface area contributed by atoms with Crippen molar-refractivity contribution in [2.24, 2.45) is 0 Å². The van der Waals surface area contributed by atoms with Gasteiger partial charge in [-0.3, -0.25) is 0 Å². The van der Waals surface area contributed by atoms with Gasteiger partial charge in [0, 0.05) is 47.3 Å². The first kappa shape index (κ1) is 28.4. The van der Waals surface area contributed by atoms with Crippen LogP contribution in [-0.2, 0) is 0 Å². The van der Waals surface area contributed by atoms with E-state index in [1.165, 1.54) is 58.2 Å². The molecule has 0 spiro atoms. The SMILES string of the molecule is c1ccc2cc(-c3ccc4cc(-c5nc(-c6nc7ccccc7c7c6ccc6c8ccccc8sc67)nc6ccccc56)ccc4c3)ccc2c1. The third kappa shape index (κ3) is 4.47. The lowest BCUT2D eigenvalue weighted by molar-refractivity contribution is 1.20. The summed E-state index contributed by atoms with van der Waals surface area (Å²) in [7, 11) is 0. The highest BCUT2D eigenvalue weighted by atomic mass is 32.1. The molecule has 4 heteroatoms. The van der Waals surface area contributed by atoms with Crippen LogP contribution in [0.5, 0.6) is 0 Å². The van der Waals surface area contributed by atoms with Gasteiger partial charge in [0.05, 0.1) is 16.7 Å². The molecule has 0 amide bonds. The molecule has 0 aliphatic carbocycles. The molecule has 0 aliphatic rings. The van der Waals surface area contributed by atoms with Crippen molar-refractivity contribution in [2.75, 3.05) is 0 Å². The maximum atomic E-state index is 5.35. The number of hydrogen-bond acceptors (Lipinski definition) is 4. The number of thiophene rings is 1. The monoisotopic (exact) mass is 665 g/mol. The van der Waals surface area contributed by atoms with Crippen LogP contribution in [0.3, 0.4) is 0 Å². The van der Waals surface area contributed by atoms with Crippen molar-refractivity contribution in [3.8, 4) is 33.9 Å². The van der Waals surface area contributed by atoms with Gasteiger partial charge in [-0.25, -0.2) is 15.0 Å². The molecular formula is C47H27N3S. The zero-order chi connectivity index (χ0) is 33.5. The Morgan fingerprint density at radius 2 is 0.922 bits per heavy atom. The summed E-state index contributed by atoms with van der Waals surface area (Å²) in [6.45, 7) is 0. The highest BCUT2D eigenvalue weighted by molar-refractivity contribution is 7.26. The van der Waals surface area contributed by atoms with Gasteiger partial charge < -0.3 is 0 Å². The molecule has 0 unspecified atom stereocenters. The van der Waals surface area contributed by atoms with Crippen molar-refractivity contribution in [2.45, 2.75) is 0 Å². The van der Waals surface area contributed by atoms with Crippen LogP contribution >= 0.6 is 11.3 Å². The number of aromatic nitrogens is 3.